The van der Waals surface area contributed by atoms with E-state index in [0.717, 1.165) is 33.2 Å². The van der Waals surface area contributed by atoms with Gasteiger partial charge in [0.15, 0.2) is 5.13 Å². The van der Waals surface area contributed by atoms with Crippen molar-refractivity contribution in [2.45, 2.75) is 13.3 Å². The van der Waals surface area contributed by atoms with Crippen LogP contribution in [-0.4, -0.2) is 50.1 Å². The molecule has 0 aliphatic rings. The van der Waals surface area contributed by atoms with Gasteiger partial charge >= 0.3 is 0 Å². The first-order valence-electron chi connectivity index (χ1n) is 9.17. The van der Waals surface area contributed by atoms with Gasteiger partial charge < -0.3 is 9.64 Å². The van der Waals surface area contributed by atoms with Crippen LogP contribution < -0.4 is 9.64 Å². The Kier molecular flexibility index (Phi) is 7.16. The number of thiazole rings is 1. The number of rotatable bonds is 7. The molecule has 5 nitrogen and oxygen atoms in total. The molecule has 154 valence electrons. The molecule has 3 aromatic rings. The first kappa shape index (κ1) is 22.0. The van der Waals surface area contributed by atoms with Gasteiger partial charge in [-0.3, -0.25) is 9.69 Å². The predicted octanol–water partition coefficient (Wildman–Crippen LogP) is 5.63. The lowest BCUT2D eigenvalue weighted by Gasteiger charge is -2.21. The minimum atomic E-state index is -0.161. The Bertz CT molecular complexity index is 1040. The van der Waals surface area contributed by atoms with Gasteiger partial charge in [0.05, 0.1) is 22.4 Å². The molecule has 0 unspecified atom stereocenters. The van der Waals surface area contributed by atoms with Crippen LogP contribution in [0.25, 0.3) is 10.2 Å². The minimum Gasteiger partial charge on any atom is -0.494 e. The number of nitrogens with zero attached hydrogens (tertiary/aromatic N) is 3. The van der Waals surface area contributed by atoms with Crippen LogP contribution in [0.1, 0.15) is 22.3 Å². The second-order valence-electron chi connectivity index (χ2n) is 7.00. The molecule has 1 aromatic heterocycles. The summed E-state index contributed by atoms with van der Waals surface area (Å²) in [7, 11) is 5.66. The normalized spacial score (nSPS) is 11.3. The second kappa shape index (κ2) is 9.43. The Labute approximate surface area is 188 Å². The quantitative estimate of drug-likeness (QED) is 0.425. The zero-order valence-electron chi connectivity index (χ0n) is 16.8. The molecule has 0 aliphatic heterocycles. The van der Waals surface area contributed by atoms with Crippen molar-refractivity contribution in [1.82, 2.24) is 9.88 Å². The van der Waals surface area contributed by atoms with Gasteiger partial charge in [0.1, 0.15) is 11.3 Å². The molecule has 0 fully saturated rings. The number of ether oxygens (including phenoxy) is 1. The number of hydrogen-bond donors (Lipinski definition) is 0. The van der Waals surface area contributed by atoms with E-state index in [0.29, 0.717) is 28.0 Å². The van der Waals surface area contributed by atoms with Crippen molar-refractivity contribution in [3.05, 3.63) is 51.0 Å². The molecule has 0 radical (unpaired) electrons. The third-order valence-electron chi connectivity index (χ3n) is 4.53. The topological polar surface area (TPSA) is 45.7 Å². The summed E-state index contributed by atoms with van der Waals surface area (Å²) in [5.74, 6) is 0.542. The van der Waals surface area contributed by atoms with Crippen molar-refractivity contribution < 1.29 is 9.53 Å². The van der Waals surface area contributed by atoms with Gasteiger partial charge in [0.2, 0.25) is 0 Å². The lowest BCUT2D eigenvalue weighted by molar-refractivity contribution is 0.0986. The summed E-state index contributed by atoms with van der Waals surface area (Å²) < 4.78 is 7.30. The molecule has 0 saturated carbocycles. The van der Waals surface area contributed by atoms with Crippen LogP contribution in [0.5, 0.6) is 5.75 Å². The number of benzene rings is 2. The fourth-order valence-corrected chi connectivity index (χ4v) is 4.65. The van der Waals surface area contributed by atoms with Gasteiger partial charge in [-0.15, -0.1) is 0 Å². The van der Waals surface area contributed by atoms with Crippen molar-refractivity contribution >= 4 is 60.1 Å². The molecule has 8 heteroatoms. The highest BCUT2D eigenvalue weighted by Gasteiger charge is 2.24. The van der Waals surface area contributed by atoms with Crippen molar-refractivity contribution in [2.24, 2.45) is 0 Å². The number of aryl methyl sites for hydroxylation is 1. The summed E-state index contributed by atoms with van der Waals surface area (Å²) in [4.78, 5) is 22.0. The monoisotopic (exact) mass is 495 g/mol. The van der Waals surface area contributed by atoms with E-state index in [2.05, 4.69) is 20.8 Å². The highest BCUT2D eigenvalue weighted by molar-refractivity contribution is 9.10. The molecule has 0 saturated heterocycles. The first-order valence-corrected chi connectivity index (χ1v) is 11.2. The van der Waals surface area contributed by atoms with Gasteiger partial charge in [-0.2, -0.15) is 0 Å². The molecule has 2 aromatic carbocycles. The number of halogens is 2. The molecule has 0 N–H and O–H groups in total. The predicted molar refractivity (Wildman–Crippen MR) is 125 cm³/mol. The van der Waals surface area contributed by atoms with E-state index in [4.69, 9.17) is 21.3 Å². The first-order chi connectivity index (χ1) is 13.8. The highest BCUT2D eigenvalue weighted by Crippen LogP contribution is 2.37. The fraction of sp³-hybridized carbons (Fsp3) is 0.333. The maximum atomic E-state index is 13.5. The van der Waals surface area contributed by atoms with E-state index < -0.39 is 0 Å². The molecule has 0 aliphatic carbocycles. The van der Waals surface area contributed by atoms with E-state index in [1.165, 1.54) is 11.3 Å². The number of carbonyl (C=O) groups is 1. The van der Waals surface area contributed by atoms with Crippen LogP contribution >= 0.6 is 38.9 Å². The smallest absolute Gasteiger partial charge is 0.261 e. The van der Waals surface area contributed by atoms with Crippen LogP contribution in [0, 0.1) is 6.92 Å². The summed E-state index contributed by atoms with van der Waals surface area (Å²) in [5, 5.41) is 1.07. The number of aromatic nitrogens is 1. The van der Waals surface area contributed by atoms with E-state index in [9.17, 15) is 4.79 Å². The van der Waals surface area contributed by atoms with Crippen LogP contribution in [0.2, 0.25) is 5.02 Å². The number of carbonyl (C=O) groups excluding carboxylic acids is 1. The lowest BCUT2D eigenvalue weighted by Crippen LogP contribution is -2.33. The maximum absolute atomic E-state index is 13.5. The summed E-state index contributed by atoms with van der Waals surface area (Å²) in [6.45, 7) is 3.44. The number of hydrogen-bond acceptors (Lipinski definition) is 5. The Morgan fingerprint density at radius 2 is 2.00 bits per heavy atom. The molecule has 3 rings (SSSR count). The number of fused-ring (bicyclic) bond motifs is 1. The Balaban J connectivity index is 2.05. The summed E-state index contributed by atoms with van der Waals surface area (Å²) in [6, 6.07) is 9.21. The molecule has 1 amide bonds. The van der Waals surface area contributed by atoms with E-state index >= 15 is 0 Å². The van der Waals surface area contributed by atoms with Crippen LogP contribution in [-0.2, 0) is 0 Å². The van der Waals surface area contributed by atoms with Gasteiger partial charge in [-0.05, 0) is 63.8 Å². The van der Waals surface area contributed by atoms with E-state index in [1.54, 1.807) is 24.1 Å². The van der Waals surface area contributed by atoms with Crippen molar-refractivity contribution in [3.8, 4) is 5.75 Å². The molecular weight excluding hydrogens is 474 g/mol. The van der Waals surface area contributed by atoms with Crippen LogP contribution in [0.3, 0.4) is 0 Å². The number of methoxy groups -OCH3 is 1. The van der Waals surface area contributed by atoms with Crippen LogP contribution in [0.15, 0.2) is 34.8 Å². The van der Waals surface area contributed by atoms with Crippen molar-refractivity contribution in [1.29, 1.82) is 0 Å². The van der Waals surface area contributed by atoms with Crippen LogP contribution in [0.4, 0.5) is 5.13 Å². The highest BCUT2D eigenvalue weighted by atomic mass is 79.9. The summed E-state index contributed by atoms with van der Waals surface area (Å²) in [6.07, 6.45) is 0.816. The fourth-order valence-electron chi connectivity index (χ4n) is 3.01. The zero-order valence-corrected chi connectivity index (χ0v) is 20.0. The summed E-state index contributed by atoms with van der Waals surface area (Å²) in [5.41, 5.74) is 2.33. The number of amides is 1. The standard InChI is InChI=1S/C21H23BrClN3O2S/c1-13-6-9-17(28-4)18-19(13)29-21(24-18)26(11-5-10-25(2)3)20(27)15-12-14(22)7-8-16(15)23/h6-9,12H,5,10-11H2,1-4H3. The average molecular weight is 497 g/mol. The Morgan fingerprint density at radius 1 is 1.24 bits per heavy atom. The molecule has 0 spiro atoms. The Hall–Kier alpha value is -1.67. The van der Waals surface area contributed by atoms with Gasteiger partial charge in [-0.1, -0.05) is 44.9 Å². The second-order valence-corrected chi connectivity index (χ2v) is 9.30. The van der Waals surface area contributed by atoms with Crippen molar-refractivity contribution in [2.75, 3.05) is 39.2 Å². The summed E-state index contributed by atoms with van der Waals surface area (Å²) >= 11 is 11.3. The van der Waals surface area contributed by atoms with Gasteiger partial charge in [0.25, 0.3) is 5.91 Å². The van der Waals surface area contributed by atoms with E-state index in [-0.39, 0.29) is 5.91 Å². The molecule has 29 heavy (non-hydrogen) atoms. The molecule has 0 bridgehead atoms. The SMILES string of the molecule is COc1ccc(C)c2sc(N(CCCN(C)C)C(=O)c3cc(Br)ccc3Cl)nc12. The van der Waals surface area contributed by atoms with Gasteiger partial charge in [-0.25, -0.2) is 4.98 Å². The average Bonchev–Trinajstić information content (AvgIpc) is 3.13. The minimum absolute atomic E-state index is 0.161. The Morgan fingerprint density at radius 3 is 2.69 bits per heavy atom. The van der Waals surface area contributed by atoms with Crippen molar-refractivity contribution in [3.63, 3.8) is 0 Å². The van der Waals surface area contributed by atoms with Gasteiger partial charge in [0, 0.05) is 11.0 Å². The largest absolute Gasteiger partial charge is 0.494 e. The third kappa shape index (κ3) is 4.91. The molecule has 1 heterocycles. The maximum Gasteiger partial charge on any atom is 0.261 e. The van der Waals surface area contributed by atoms with E-state index in [1.807, 2.05) is 39.2 Å². The lowest BCUT2D eigenvalue weighted by atomic mass is 10.2. The molecule has 0 atom stereocenters. The zero-order chi connectivity index (χ0) is 21.1. The third-order valence-corrected chi connectivity index (χ3v) is 6.57. The number of anilines is 1. The molecular formula is C21H23BrClN3O2S.